The summed E-state index contributed by atoms with van der Waals surface area (Å²) in [6, 6.07) is 0. The number of thiazole rings is 1. The smallest absolute Gasteiger partial charge is 0.345 e. The second kappa shape index (κ2) is 7.93. The second-order valence-electron chi connectivity index (χ2n) is 6.92. The van der Waals surface area contributed by atoms with Gasteiger partial charge < -0.3 is 9.80 Å². The molecule has 2 aliphatic rings. The van der Waals surface area contributed by atoms with Crippen molar-refractivity contribution in [2.75, 3.05) is 31.1 Å². The lowest BCUT2D eigenvalue weighted by atomic mass is 9.86. The van der Waals surface area contributed by atoms with Gasteiger partial charge in [0.1, 0.15) is 4.88 Å². The molecule has 1 saturated carbocycles. The molecule has 0 aromatic carbocycles. The molecular formula is C17H24F3N3OS. The maximum Gasteiger partial charge on any atom is 0.427 e. The van der Waals surface area contributed by atoms with Gasteiger partial charge in [0.2, 0.25) is 5.91 Å². The number of aromatic nitrogens is 1. The van der Waals surface area contributed by atoms with Gasteiger partial charge in [-0.2, -0.15) is 13.2 Å². The first-order valence-electron chi connectivity index (χ1n) is 8.99. The molecule has 0 radical (unpaired) electrons. The number of nitrogens with zero attached hydrogens (tertiary/aromatic N) is 3. The van der Waals surface area contributed by atoms with Gasteiger partial charge in [-0.05, 0) is 12.3 Å². The zero-order valence-electron chi connectivity index (χ0n) is 14.2. The van der Waals surface area contributed by atoms with Gasteiger partial charge in [0.15, 0.2) is 5.13 Å². The third-order valence-corrected chi connectivity index (χ3v) is 6.27. The number of carbonyl (C=O) groups is 1. The van der Waals surface area contributed by atoms with Crippen LogP contribution in [0.15, 0.2) is 6.20 Å². The number of hydrogen-bond donors (Lipinski definition) is 0. The van der Waals surface area contributed by atoms with Crippen LogP contribution in [0.5, 0.6) is 0 Å². The van der Waals surface area contributed by atoms with Gasteiger partial charge >= 0.3 is 6.18 Å². The summed E-state index contributed by atoms with van der Waals surface area (Å²) in [4.78, 5) is 19.3. The van der Waals surface area contributed by atoms with E-state index in [1.54, 1.807) is 0 Å². The molecule has 1 aliphatic carbocycles. The predicted octanol–water partition coefficient (Wildman–Crippen LogP) is 4.17. The first kappa shape index (κ1) is 18.5. The molecule has 8 heteroatoms. The van der Waals surface area contributed by atoms with Gasteiger partial charge in [0, 0.05) is 32.6 Å². The fourth-order valence-electron chi connectivity index (χ4n) is 3.65. The van der Waals surface area contributed by atoms with Crippen LogP contribution in [-0.2, 0) is 11.0 Å². The Morgan fingerprint density at radius 3 is 2.44 bits per heavy atom. The zero-order chi connectivity index (χ0) is 17.9. The van der Waals surface area contributed by atoms with Crippen LogP contribution in [0.2, 0.25) is 0 Å². The van der Waals surface area contributed by atoms with Crippen LogP contribution >= 0.6 is 11.3 Å². The summed E-state index contributed by atoms with van der Waals surface area (Å²) in [5.74, 6) is 0.871. The van der Waals surface area contributed by atoms with Gasteiger partial charge in [0.25, 0.3) is 0 Å². The van der Waals surface area contributed by atoms with Crippen molar-refractivity contribution in [1.29, 1.82) is 0 Å². The summed E-state index contributed by atoms with van der Waals surface area (Å²) in [7, 11) is 0. The zero-order valence-corrected chi connectivity index (χ0v) is 15.0. The summed E-state index contributed by atoms with van der Waals surface area (Å²) in [5.41, 5.74) is 0. The van der Waals surface area contributed by atoms with Crippen molar-refractivity contribution in [2.45, 2.75) is 51.1 Å². The Kier molecular flexibility index (Phi) is 5.86. The van der Waals surface area contributed by atoms with Crippen molar-refractivity contribution in [3.8, 4) is 0 Å². The normalized spacial score (nSPS) is 20.1. The SMILES string of the molecule is O=C(CCC1CCCCC1)N1CCN(c2ncc(C(F)(F)F)s2)CC1. The summed E-state index contributed by atoms with van der Waals surface area (Å²) in [6.07, 6.45) is 4.49. The summed E-state index contributed by atoms with van der Waals surface area (Å²) >= 11 is 0.671. The Labute approximate surface area is 150 Å². The molecule has 140 valence electrons. The second-order valence-corrected chi connectivity index (χ2v) is 7.92. The first-order valence-corrected chi connectivity index (χ1v) is 9.81. The van der Waals surface area contributed by atoms with Crippen molar-refractivity contribution >= 4 is 22.4 Å². The Hall–Kier alpha value is -1.31. The van der Waals surface area contributed by atoms with Crippen molar-refractivity contribution in [2.24, 2.45) is 5.92 Å². The molecule has 1 saturated heterocycles. The van der Waals surface area contributed by atoms with E-state index in [1.807, 2.05) is 9.80 Å². The van der Waals surface area contributed by atoms with E-state index >= 15 is 0 Å². The minimum absolute atomic E-state index is 0.181. The van der Waals surface area contributed by atoms with Crippen molar-refractivity contribution in [3.63, 3.8) is 0 Å². The molecule has 2 heterocycles. The van der Waals surface area contributed by atoms with Gasteiger partial charge in [-0.15, -0.1) is 0 Å². The molecule has 0 N–H and O–H groups in total. The lowest BCUT2D eigenvalue weighted by Crippen LogP contribution is -2.48. The number of anilines is 1. The van der Waals surface area contributed by atoms with Gasteiger partial charge in [-0.3, -0.25) is 4.79 Å². The Morgan fingerprint density at radius 2 is 1.84 bits per heavy atom. The number of halogens is 3. The van der Waals surface area contributed by atoms with E-state index in [2.05, 4.69) is 4.98 Å². The predicted molar refractivity (Wildman–Crippen MR) is 91.7 cm³/mol. The fourth-order valence-corrected chi connectivity index (χ4v) is 4.49. The van der Waals surface area contributed by atoms with E-state index in [0.717, 1.165) is 12.6 Å². The maximum absolute atomic E-state index is 12.7. The molecule has 4 nitrogen and oxygen atoms in total. The highest BCUT2D eigenvalue weighted by Crippen LogP contribution is 2.36. The molecule has 3 rings (SSSR count). The van der Waals surface area contributed by atoms with Crippen LogP contribution in [0.25, 0.3) is 0 Å². The Balaban J connectivity index is 1.44. The number of hydrogen-bond acceptors (Lipinski definition) is 4. The lowest BCUT2D eigenvalue weighted by molar-refractivity contribution is -0.134. The van der Waals surface area contributed by atoms with E-state index in [4.69, 9.17) is 0 Å². The largest absolute Gasteiger partial charge is 0.427 e. The average Bonchev–Trinajstić information content (AvgIpc) is 3.11. The minimum atomic E-state index is -4.34. The third-order valence-electron chi connectivity index (χ3n) is 5.17. The highest BCUT2D eigenvalue weighted by Gasteiger charge is 2.34. The van der Waals surface area contributed by atoms with Crippen LogP contribution in [-0.4, -0.2) is 42.0 Å². The highest BCUT2D eigenvalue weighted by atomic mass is 32.1. The highest BCUT2D eigenvalue weighted by molar-refractivity contribution is 7.15. The van der Waals surface area contributed by atoms with E-state index in [9.17, 15) is 18.0 Å². The monoisotopic (exact) mass is 375 g/mol. The quantitative estimate of drug-likeness (QED) is 0.792. The molecule has 1 aliphatic heterocycles. The minimum Gasteiger partial charge on any atom is -0.345 e. The number of rotatable bonds is 4. The van der Waals surface area contributed by atoms with Gasteiger partial charge in [-0.25, -0.2) is 4.98 Å². The molecule has 2 fully saturated rings. The van der Waals surface area contributed by atoms with Crippen LogP contribution in [0.3, 0.4) is 0 Å². The van der Waals surface area contributed by atoms with E-state index in [1.165, 1.54) is 32.1 Å². The van der Waals surface area contributed by atoms with E-state index < -0.39 is 11.1 Å². The molecular weight excluding hydrogens is 351 g/mol. The number of amides is 1. The van der Waals surface area contributed by atoms with E-state index in [-0.39, 0.29) is 5.91 Å². The van der Waals surface area contributed by atoms with Crippen LogP contribution < -0.4 is 4.90 Å². The summed E-state index contributed by atoms with van der Waals surface area (Å²) in [5, 5.41) is 0.390. The van der Waals surface area contributed by atoms with Gasteiger partial charge in [-0.1, -0.05) is 43.4 Å². The van der Waals surface area contributed by atoms with E-state index in [0.29, 0.717) is 55.0 Å². The molecule has 25 heavy (non-hydrogen) atoms. The molecule has 0 bridgehead atoms. The summed E-state index contributed by atoms with van der Waals surface area (Å²) < 4.78 is 38.0. The first-order chi connectivity index (χ1) is 11.9. The fraction of sp³-hybridized carbons (Fsp3) is 0.765. The maximum atomic E-state index is 12.7. The van der Waals surface area contributed by atoms with Gasteiger partial charge in [0.05, 0.1) is 6.20 Å². The lowest BCUT2D eigenvalue weighted by Gasteiger charge is -2.35. The molecule has 0 unspecified atom stereocenters. The molecule has 1 aromatic heterocycles. The van der Waals surface area contributed by atoms with Crippen molar-refractivity contribution in [3.05, 3.63) is 11.1 Å². The average molecular weight is 375 g/mol. The summed E-state index contributed by atoms with van der Waals surface area (Å²) in [6.45, 7) is 2.20. The molecule has 1 aromatic rings. The van der Waals surface area contributed by atoms with Crippen LogP contribution in [0, 0.1) is 5.92 Å². The Morgan fingerprint density at radius 1 is 1.16 bits per heavy atom. The number of alkyl halides is 3. The third kappa shape index (κ3) is 4.86. The topological polar surface area (TPSA) is 36.4 Å². The number of piperazine rings is 1. The number of carbonyl (C=O) groups excluding carboxylic acids is 1. The standard InChI is InChI=1S/C17H24F3N3OS/c18-17(19,20)14-12-21-16(25-14)23-10-8-22(9-11-23)15(24)7-6-13-4-2-1-3-5-13/h12-13H,1-11H2. The molecule has 0 atom stereocenters. The molecule has 1 amide bonds. The Bertz CT molecular complexity index is 576. The van der Waals surface area contributed by atoms with Crippen molar-refractivity contribution < 1.29 is 18.0 Å². The van der Waals surface area contributed by atoms with Crippen LogP contribution in [0.1, 0.15) is 49.8 Å². The van der Waals surface area contributed by atoms with Crippen LogP contribution in [0.4, 0.5) is 18.3 Å². The molecule has 0 spiro atoms. The van der Waals surface area contributed by atoms with Crippen molar-refractivity contribution in [1.82, 2.24) is 9.88 Å².